The average Bonchev–Trinajstić information content (AvgIpc) is 2.82. The second kappa shape index (κ2) is 8.89. The summed E-state index contributed by atoms with van der Waals surface area (Å²) in [5.41, 5.74) is 0.596. The van der Waals surface area contributed by atoms with Crippen molar-refractivity contribution in [2.75, 3.05) is 31.3 Å². The fourth-order valence-corrected chi connectivity index (χ4v) is 6.27. The highest BCUT2D eigenvalue weighted by Gasteiger charge is 2.33. The van der Waals surface area contributed by atoms with Crippen molar-refractivity contribution in [1.82, 2.24) is 4.31 Å². The molecule has 0 saturated carbocycles. The number of rotatable bonds is 5. The number of hydrogen-bond acceptors (Lipinski definition) is 5. The Bertz CT molecular complexity index is 1390. The smallest absolute Gasteiger partial charge is 0.243 e. The molecule has 1 fully saturated rings. The van der Waals surface area contributed by atoms with Crippen LogP contribution in [-0.2, 0) is 24.7 Å². The van der Waals surface area contributed by atoms with E-state index in [9.17, 15) is 21.6 Å². The van der Waals surface area contributed by atoms with Gasteiger partial charge in [-0.25, -0.2) is 16.8 Å². The highest BCUT2D eigenvalue weighted by atomic mass is 32.2. The molecule has 1 saturated heterocycles. The summed E-state index contributed by atoms with van der Waals surface area (Å²) < 4.78 is 51.0. The third-order valence-electron chi connectivity index (χ3n) is 6.14. The Morgan fingerprint density at radius 2 is 1.42 bits per heavy atom. The highest BCUT2D eigenvalue weighted by Crippen LogP contribution is 2.28. The molecule has 9 heteroatoms. The molecular weight excluding hydrogens is 460 g/mol. The van der Waals surface area contributed by atoms with Crippen molar-refractivity contribution in [3.05, 3.63) is 66.7 Å². The number of carbonyl (C=O) groups excluding carboxylic acids is 1. The molecule has 0 bridgehead atoms. The first-order valence-corrected chi connectivity index (χ1v) is 14.0. The minimum atomic E-state index is -3.64. The van der Waals surface area contributed by atoms with Gasteiger partial charge in [-0.2, -0.15) is 4.31 Å². The predicted octanol–water partition coefficient (Wildman–Crippen LogP) is 3.31. The molecule has 0 N–H and O–H groups in total. The molecule has 0 aliphatic carbocycles. The first-order chi connectivity index (χ1) is 15.6. The lowest BCUT2D eigenvalue weighted by molar-refractivity contribution is -0.123. The predicted molar refractivity (Wildman–Crippen MR) is 128 cm³/mol. The number of fused-ring (bicyclic) bond motifs is 1. The van der Waals surface area contributed by atoms with E-state index in [1.807, 2.05) is 30.3 Å². The van der Waals surface area contributed by atoms with Gasteiger partial charge >= 0.3 is 0 Å². The summed E-state index contributed by atoms with van der Waals surface area (Å²) in [6, 6.07) is 18.9. The molecule has 7 nitrogen and oxygen atoms in total. The van der Waals surface area contributed by atoms with Crippen molar-refractivity contribution >= 4 is 42.2 Å². The Morgan fingerprint density at radius 3 is 2.03 bits per heavy atom. The molecule has 3 aromatic carbocycles. The Labute approximate surface area is 194 Å². The number of nitrogens with zero attached hydrogens (tertiary/aromatic N) is 2. The van der Waals surface area contributed by atoms with Crippen LogP contribution >= 0.6 is 0 Å². The van der Waals surface area contributed by atoms with E-state index in [0.717, 1.165) is 17.0 Å². The number of sulfone groups is 1. The first kappa shape index (κ1) is 23.4. The lowest BCUT2D eigenvalue weighted by Gasteiger charge is -2.32. The maximum atomic E-state index is 13.2. The van der Waals surface area contributed by atoms with Gasteiger partial charge in [-0.05, 0) is 60.0 Å². The second-order valence-electron chi connectivity index (χ2n) is 8.35. The second-order valence-corrected chi connectivity index (χ2v) is 12.3. The van der Waals surface area contributed by atoms with Gasteiger partial charge in [0.2, 0.25) is 15.9 Å². The molecule has 0 aromatic heterocycles. The zero-order valence-corrected chi connectivity index (χ0v) is 20.1. The topological polar surface area (TPSA) is 91.8 Å². The van der Waals surface area contributed by atoms with E-state index < -0.39 is 19.9 Å². The van der Waals surface area contributed by atoms with Gasteiger partial charge < -0.3 is 4.90 Å². The van der Waals surface area contributed by atoms with E-state index in [2.05, 4.69) is 0 Å². The van der Waals surface area contributed by atoms with Gasteiger partial charge in [0.15, 0.2) is 9.84 Å². The van der Waals surface area contributed by atoms with Crippen LogP contribution in [0.4, 0.5) is 5.69 Å². The average molecular weight is 487 g/mol. The Kier molecular flexibility index (Phi) is 6.30. The van der Waals surface area contributed by atoms with Crippen molar-refractivity contribution in [2.45, 2.75) is 22.6 Å². The molecule has 1 amide bonds. The van der Waals surface area contributed by atoms with Crippen molar-refractivity contribution in [1.29, 1.82) is 0 Å². The molecule has 1 heterocycles. The summed E-state index contributed by atoms with van der Waals surface area (Å²) in [6.07, 6.45) is 1.99. The maximum Gasteiger partial charge on any atom is 0.243 e. The van der Waals surface area contributed by atoms with Gasteiger partial charge in [0.05, 0.1) is 9.79 Å². The summed E-state index contributed by atoms with van der Waals surface area (Å²) in [5, 5.41) is 1.85. The summed E-state index contributed by atoms with van der Waals surface area (Å²) >= 11 is 0. The molecule has 4 rings (SSSR count). The minimum Gasteiger partial charge on any atom is -0.315 e. The van der Waals surface area contributed by atoms with Crippen LogP contribution in [0.5, 0.6) is 0 Å². The summed E-state index contributed by atoms with van der Waals surface area (Å²) in [7, 11) is -5.30. The highest BCUT2D eigenvalue weighted by molar-refractivity contribution is 7.90. The number of hydrogen-bond donors (Lipinski definition) is 0. The zero-order chi connectivity index (χ0) is 23.8. The Balaban J connectivity index is 1.43. The summed E-state index contributed by atoms with van der Waals surface area (Å²) in [5.74, 6) is -0.405. The fraction of sp³-hybridized carbons (Fsp3) is 0.292. The van der Waals surface area contributed by atoms with Crippen LogP contribution in [0.3, 0.4) is 0 Å². The van der Waals surface area contributed by atoms with Crippen LogP contribution < -0.4 is 4.90 Å². The normalized spacial score (nSPS) is 16.1. The van der Waals surface area contributed by atoms with Crippen LogP contribution in [0.15, 0.2) is 76.5 Å². The molecule has 1 aliphatic heterocycles. The Morgan fingerprint density at radius 1 is 0.848 bits per heavy atom. The van der Waals surface area contributed by atoms with E-state index >= 15 is 0 Å². The van der Waals surface area contributed by atoms with Crippen LogP contribution in [0, 0.1) is 5.92 Å². The molecule has 174 valence electrons. The van der Waals surface area contributed by atoms with Crippen molar-refractivity contribution < 1.29 is 21.6 Å². The lowest BCUT2D eigenvalue weighted by atomic mass is 9.96. The number of carbonyl (C=O) groups is 1. The van der Waals surface area contributed by atoms with E-state index in [1.54, 1.807) is 31.3 Å². The molecule has 3 aromatic rings. The number of amides is 1. The van der Waals surface area contributed by atoms with Crippen molar-refractivity contribution in [2.24, 2.45) is 5.92 Å². The van der Waals surface area contributed by atoms with Crippen molar-refractivity contribution in [3.8, 4) is 0 Å². The molecular formula is C24H26N2O5S2. The number of sulfonamides is 1. The molecule has 0 radical (unpaired) electrons. The maximum absolute atomic E-state index is 13.2. The fourth-order valence-electron chi connectivity index (χ4n) is 4.14. The van der Waals surface area contributed by atoms with Gasteiger partial charge in [-0.15, -0.1) is 0 Å². The first-order valence-electron chi connectivity index (χ1n) is 10.6. The summed E-state index contributed by atoms with van der Waals surface area (Å²) in [4.78, 5) is 14.9. The van der Waals surface area contributed by atoms with Gasteiger partial charge in [-0.3, -0.25) is 4.79 Å². The van der Waals surface area contributed by atoms with E-state index in [1.165, 1.54) is 21.3 Å². The van der Waals surface area contributed by atoms with E-state index in [0.29, 0.717) is 18.5 Å². The van der Waals surface area contributed by atoms with E-state index in [4.69, 9.17) is 0 Å². The monoisotopic (exact) mass is 486 g/mol. The molecule has 1 aliphatic rings. The number of anilines is 1. The molecule has 0 spiro atoms. The van der Waals surface area contributed by atoms with Gasteiger partial charge in [-0.1, -0.05) is 30.3 Å². The molecule has 33 heavy (non-hydrogen) atoms. The third-order valence-corrected chi connectivity index (χ3v) is 9.17. The van der Waals surface area contributed by atoms with Gasteiger partial charge in [0.25, 0.3) is 0 Å². The largest absolute Gasteiger partial charge is 0.315 e. The van der Waals surface area contributed by atoms with Crippen LogP contribution in [0.1, 0.15) is 12.8 Å². The van der Waals surface area contributed by atoms with Crippen LogP contribution in [-0.4, -0.2) is 53.4 Å². The SMILES string of the molecule is CN(C(=O)C1CCN(S(=O)(=O)c2ccc3ccccc3c2)CC1)c1ccc(S(C)(=O)=O)cc1. The van der Waals surface area contributed by atoms with Gasteiger partial charge in [0.1, 0.15) is 0 Å². The lowest BCUT2D eigenvalue weighted by Crippen LogP contribution is -2.43. The molecule has 0 unspecified atom stereocenters. The van der Waals surface area contributed by atoms with E-state index in [-0.39, 0.29) is 34.7 Å². The Hall–Kier alpha value is -2.75. The van der Waals surface area contributed by atoms with Crippen LogP contribution in [0.2, 0.25) is 0 Å². The summed E-state index contributed by atoms with van der Waals surface area (Å²) in [6.45, 7) is 0.541. The third kappa shape index (κ3) is 4.80. The quantitative estimate of drug-likeness (QED) is 0.552. The number of benzene rings is 3. The van der Waals surface area contributed by atoms with Crippen LogP contribution in [0.25, 0.3) is 10.8 Å². The standard InChI is InChI=1S/C24H26N2O5S2/c1-25(21-8-11-22(12-9-21)32(2,28)29)24(27)19-13-15-26(16-14-19)33(30,31)23-10-7-18-5-3-4-6-20(18)17-23/h3-12,17,19H,13-16H2,1-2H3. The zero-order valence-electron chi connectivity index (χ0n) is 18.5. The minimum absolute atomic E-state index is 0.107. The molecule has 0 atom stereocenters. The van der Waals surface area contributed by atoms with Crippen molar-refractivity contribution in [3.63, 3.8) is 0 Å². The number of piperidine rings is 1. The van der Waals surface area contributed by atoms with Gasteiger partial charge in [0, 0.05) is 38.0 Å².